The highest BCUT2D eigenvalue weighted by molar-refractivity contribution is 8.00. The molecule has 2 aromatic rings. The van der Waals surface area contributed by atoms with Crippen LogP contribution < -0.4 is 15.6 Å². The Bertz CT molecular complexity index is 1270. The topological polar surface area (TPSA) is 141 Å². The van der Waals surface area contributed by atoms with E-state index in [1.165, 1.54) is 16.2 Å². The van der Waals surface area contributed by atoms with Crippen LogP contribution in [0.3, 0.4) is 0 Å². The van der Waals surface area contributed by atoms with Crippen LogP contribution in [0.4, 0.5) is 0 Å². The van der Waals surface area contributed by atoms with Crippen molar-refractivity contribution < 1.29 is 29.2 Å². The summed E-state index contributed by atoms with van der Waals surface area (Å²) < 4.78 is 4.23. The van der Waals surface area contributed by atoms with Crippen LogP contribution in [-0.2, 0) is 20.9 Å². The number of primary amides is 1. The van der Waals surface area contributed by atoms with E-state index in [9.17, 15) is 24.6 Å². The van der Waals surface area contributed by atoms with Gasteiger partial charge in [0.15, 0.2) is 0 Å². The van der Waals surface area contributed by atoms with E-state index in [2.05, 4.69) is 9.88 Å². The molecule has 0 spiro atoms. The summed E-state index contributed by atoms with van der Waals surface area (Å²) in [4.78, 5) is 39.5. The van der Waals surface area contributed by atoms with E-state index in [0.717, 1.165) is 40.0 Å². The molecule has 2 amide bonds. The third-order valence-corrected chi connectivity index (χ3v) is 10.7. The summed E-state index contributed by atoms with van der Waals surface area (Å²) in [5.41, 5.74) is 6.09. The van der Waals surface area contributed by atoms with Gasteiger partial charge in [0.25, 0.3) is 6.33 Å². The van der Waals surface area contributed by atoms with Crippen LogP contribution in [0.2, 0.25) is 0 Å². The van der Waals surface area contributed by atoms with Crippen LogP contribution in [0, 0.1) is 11.8 Å². The highest BCUT2D eigenvalue weighted by atomic mass is 32.2. The molecule has 5 heterocycles. The first-order chi connectivity index (χ1) is 17.1. The zero-order valence-electron chi connectivity index (χ0n) is 20.2. The molecule has 3 aliphatic heterocycles. The SMILES string of the molecule is CSc1c2sc(C3=C(C(=O)O)N4C(=O)[C@H]([C@@H](C)O)[C@H]4[C@H]3C)cn2c[n+]1CCS[C@@H]1CN[C@H](C(N)=O)C1. The van der Waals surface area contributed by atoms with E-state index in [1.807, 2.05) is 41.9 Å². The second-order valence-electron chi connectivity index (χ2n) is 9.54. The van der Waals surface area contributed by atoms with Crippen molar-refractivity contribution >= 4 is 63.0 Å². The van der Waals surface area contributed by atoms with E-state index in [4.69, 9.17) is 5.73 Å². The second kappa shape index (κ2) is 9.67. The summed E-state index contributed by atoms with van der Waals surface area (Å²) in [5, 5.41) is 24.7. The highest BCUT2D eigenvalue weighted by Crippen LogP contribution is 2.51. The van der Waals surface area contributed by atoms with Crippen LogP contribution in [0.25, 0.3) is 10.4 Å². The van der Waals surface area contributed by atoms with Crippen molar-refractivity contribution in [2.75, 3.05) is 18.6 Å². The van der Waals surface area contributed by atoms with Crippen molar-refractivity contribution in [3.63, 3.8) is 0 Å². The predicted molar refractivity (Wildman–Crippen MR) is 139 cm³/mol. The van der Waals surface area contributed by atoms with Gasteiger partial charge in [0.05, 0.1) is 29.0 Å². The fraction of sp³-hybridized carbons (Fsp3) is 0.565. The summed E-state index contributed by atoms with van der Waals surface area (Å²) in [6, 6.07) is -0.572. The molecule has 3 aliphatic rings. The maximum absolute atomic E-state index is 12.7. The van der Waals surface area contributed by atoms with Crippen LogP contribution in [0.15, 0.2) is 23.2 Å². The number of amides is 2. The molecule has 2 saturated heterocycles. The normalized spacial score (nSPS) is 28.6. The lowest BCUT2D eigenvalue weighted by Gasteiger charge is -2.46. The van der Waals surface area contributed by atoms with Gasteiger partial charge in [0.1, 0.15) is 18.4 Å². The molecule has 6 atom stereocenters. The Morgan fingerprint density at radius 3 is 2.78 bits per heavy atom. The van der Waals surface area contributed by atoms with Gasteiger partial charge in [-0.2, -0.15) is 16.2 Å². The zero-order valence-corrected chi connectivity index (χ0v) is 22.7. The molecular weight excluding hydrogens is 522 g/mol. The molecule has 36 heavy (non-hydrogen) atoms. The Kier molecular flexibility index (Phi) is 6.87. The lowest BCUT2D eigenvalue weighted by atomic mass is 9.77. The Morgan fingerprint density at radius 2 is 2.17 bits per heavy atom. The van der Waals surface area contributed by atoms with Crippen molar-refractivity contribution in [3.8, 4) is 0 Å². The molecule has 194 valence electrons. The molecule has 2 fully saturated rings. The molecule has 5 rings (SSSR count). The molecule has 0 aromatic carbocycles. The molecule has 2 aromatic heterocycles. The number of nitrogens with two attached hydrogens (primary N) is 1. The Labute approximate surface area is 220 Å². The van der Waals surface area contributed by atoms with Gasteiger partial charge in [-0.05, 0) is 19.6 Å². The molecule has 0 aliphatic carbocycles. The van der Waals surface area contributed by atoms with Gasteiger partial charge in [-0.1, -0.05) is 30.0 Å². The fourth-order valence-electron chi connectivity index (χ4n) is 5.68. The number of imidazole rings is 1. The number of carbonyl (C=O) groups excluding carboxylic acids is 2. The van der Waals surface area contributed by atoms with Crippen molar-refractivity contribution in [3.05, 3.63) is 23.1 Å². The molecule has 13 heteroatoms. The van der Waals surface area contributed by atoms with Gasteiger partial charge in [-0.25, -0.2) is 9.36 Å². The molecule has 0 radical (unpaired) electrons. The molecule has 5 N–H and O–H groups in total. The van der Waals surface area contributed by atoms with Crippen LogP contribution >= 0.6 is 34.9 Å². The first-order valence-electron chi connectivity index (χ1n) is 11.8. The van der Waals surface area contributed by atoms with Crippen molar-refractivity contribution in [2.45, 2.75) is 55.3 Å². The number of aromatic nitrogens is 2. The number of nitrogens with one attached hydrogen (secondary N) is 1. The van der Waals surface area contributed by atoms with Crippen molar-refractivity contribution in [1.82, 2.24) is 14.6 Å². The number of aliphatic hydroxyl groups is 1. The molecule has 0 saturated carbocycles. The standard InChI is InChI=1S/C23H29N5O5S3/c1-10-15(18(23(32)33)28-17(10)16(11(2)29)20(28)31)14-8-27-9-26(21(34-3)22(27)36-14)4-5-35-12-6-13(19(24)30)25-7-12/h8-13,16-17,25,29H,4-7H2,1-3H3,(H2-,24,30,32,33)/p+1/t10-,11+,12-,13-,16+,17+/m0/s1. The summed E-state index contributed by atoms with van der Waals surface area (Å²) >= 11 is 5.00. The monoisotopic (exact) mass is 552 g/mol. The molecule has 0 unspecified atom stereocenters. The summed E-state index contributed by atoms with van der Waals surface area (Å²) in [7, 11) is 0. The van der Waals surface area contributed by atoms with Crippen LogP contribution in [0.1, 0.15) is 25.1 Å². The number of aliphatic hydroxyl groups excluding tert-OH is 1. The maximum Gasteiger partial charge on any atom is 0.352 e. The third-order valence-electron chi connectivity index (χ3n) is 7.36. The molecule has 0 bridgehead atoms. The Hall–Kier alpha value is -2.06. The van der Waals surface area contributed by atoms with Gasteiger partial charge in [-0.15, -0.1) is 0 Å². The number of rotatable bonds is 9. The number of hydrogen-bond acceptors (Lipinski definition) is 8. The number of carboxylic acids is 1. The van der Waals surface area contributed by atoms with Crippen LogP contribution in [0.5, 0.6) is 0 Å². The van der Waals surface area contributed by atoms with Gasteiger partial charge < -0.3 is 26.2 Å². The van der Waals surface area contributed by atoms with Crippen LogP contribution in [-0.4, -0.2) is 79.3 Å². The Balaban J connectivity index is 1.37. The largest absolute Gasteiger partial charge is 0.477 e. The number of carbonyl (C=O) groups is 3. The molecule has 10 nitrogen and oxygen atoms in total. The average Bonchev–Trinajstić information content (AvgIpc) is 3.54. The number of hydrogen-bond donors (Lipinski definition) is 4. The fourth-order valence-corrected chi connectivity index (χ4v) is 9.06. The van der Waals surface area contributed by atoms with Gasteiger partial charge in [0, 0.05) is 29.0 Å². The minimum Gasteiger partial charge on any atom is -0.477 e. The summed E-state index contributed by atoms with van der Waals surface area (Å²) in [6.45, 7) is 5.11. The second-order valence-corrected chi connectivity index (χ2v) is 12.8. The number of aliphatic carboxylic acids is 1. The lowest BCUT2D eigenvalue weighted by molar-refractivity contribution is -0.725. The maximum atomic E-state index is 12.7. The van der Waals surface area contributed by atoms with Gasteiger partial charge >= 0.3 is 5.97 Å². The minimum atomic E-state index is -1.12. The smallest absolute Gasteiger partial charge is 0.352 e. The summed E-state index contributed by atoms with van der Waals surface area (Å²) in [5.74, 6) is -1.61. The quantitative estimate of drug-likeness (QED) is 0.202. The summed E-state index contributed by atoms with van der Waals surface area (Å²) in [6.07, 6.45) is 5.93. The minimum absolute atomic E-state index is 0.0355. The van der Waals surface area contributed by atoms with Gasteiger partial charge in [0.2, 0.25) is 21.7 Å². The first kappa shape index (κ1) is 25.6. The van der Waals surface area contributed by atoms with E-state index >= 15 is 0 Å². The van der Waals surface area contributed by atoms with E-state index in [1.54, 1.807) is 18.7 Å². The number of thiazole rings is 1. The number of carboxylic acid groups (broad SMARTS) is 1. The van der Waals surface area contributed by atoms with Gasteiger partial charge in [-0.3, -0.25) is 9.59 Å². The van der Waals surface area contributed by atoms with E-state index in [0.29, 0.717) is 10.8 Å². The zero-order chi connectivity index (χ0) is 25.9. The number of β-lactam (4-membered cyclic amide) rings is 1. The number of aryl methyl sites for hydroxylation is 1. The van der Waals surface area contributed by atoms with E-state index in [-0.39, 0.29) is 35.5 Å². The first-order valence-corrected chi connectivity index (χ1v) is 14.9. The molecular formula is C23H30N5O5S3+. The van der Waals surface area contributed by atoms with Crippen molar-refractivity contribution in [2.24, 2.45) is 17.6 Å². The number of thioether (sulfide) groups is 2. The van der Waals surface area contributed by atoms with Crippen molar-refractivity contribution in [1.29, 1.82) is 0 Å². The average molecular weight is 553 g/mol. The van der Waals surface area contributed by atoms with E-state index < -0.39 is 18.0 Å². The lowest BCUT2D eigenvalue weighted by Crippen LogP contribution is -2.63. The third kappa shape index (κ3) is 4.05. The highest BCUT2D eigenvalue weighted by Gasteiger charge is 2.60. The Morgan fingerprint density at radius 1 is 1.42 bits per heavy atom. The number of nitrogens with zero attached hydrogens (tertiary/aromatic N) is 3. The number of fused-ring (bicyclic) bond motifs is 2. The predicted octanol–water partition coefficient (Wildman–Crippen LogP) is 0.612.